The number of esters is 2. The monoisotopic (exact) mass is 566 g/mol. The predicted octanol–water partition coefficient (Wildman–Crippen LogP) is 6.40. The summed E-state index contributed by atoms with van der Waals surface area (Å²) in [4.78, 5) is 36.1. The van der Waals surface area contributed by atoms with Gasteiger partial charge in [0.1, 0.15) is 6.61 Å². The molecule has 0 aliphatic rings. The zero-order valence-electron chi connectivity index (χ0n) is 25.8. The molecule has 0 aromatic rings. The Kier molecular flexibility index (Phi) is 22.9. The smallest absolute Gasteiger partial charge is 0.362 e. The summed E-state index contributed by atoms with van der Waals surface area (Å²) in [6.45, 7) is 4.37. The lowest BCUT2D eigenvalue weighted by atomic mass is 10.1. The van der Waals surface area contributed by atoms with Gasteiger partial charge in [0.25, 0.3) is 0 Å². The summed E-state index contributed by atoms with van der Waals surface area (Å²) >= 11 is 0. The molecule has 8 heteroatoms. The molecule has 2 atom stereocenters. The first-order valence-electron chi connectivity index (χ1n) is 15.0. The molecule has 1 N–H and O–H groups in total. The van der Waals surface area contributed by atoms with Gasteiger partial charge >= 0.3 is 17.9 Å². The van der Waals surface area contributed by atoms with Crippen LogP contribution in [0.1, 0.15) is 97.3 Å². The molecule has 0 spiro atoms. The van der Waals surface area contributed by atoms with Gasteiger partial charge in [0.05, 0.1) is 34.4 Å². The maximum absolute atomic E-state index is 12.4. The molecule has 0 aliphatic heterocycles. The van der Waals surface area contributed by atoms with Crippen molar-refractivity contribution in [2.45, 2.75) is 109 Å². The third-order valence-corrected chi connectivity index (χ3v) is 6.30. The molecule has 0 fully saturated rings. The fourth-order valence-corrected chi connectivity index (χ4v) is 3.93. The molecule has 40 heavy (non-hydrogen) atoms. The third-order valence-electron chi connectivity index (χ3n) is 6.30. The molecule has 0 saturated heterocycles. The molecule has 8 nitrogen and oxygen atoms in total. The lowest BCUT2D eigenvalue weighted by Crippen LogP contribution is -2.50. The molecular formula is C32H56NO7+. The Hall–Kier alpha value is -2.45. The highest BCUT2D eigenvalue weighted by atomic mass is 16.6. The van der Waals surface area contributed by atoms with Crippen molar-refractivity contribution in [3.63, 3.8) is 0 Å². The van der Waals surface area contributed by atoms with Crippen LogP contribution in [0, 0.1) is 0 Å². The number of hydrogen-bond donors (Lipinski definition) is 1. The second-order valence-electron chi connectivity index (χ2n) is 11.0. The second kappa shape index (κ2) is 24.4. The molecule has 0 rings (SSSR count). The maximum atomic E-state index is 12.4. The van der Waals surface area contributed by atoms with Crippen molar-refractivity contribution in [2.75, 3.05) is 41.0 Å². The molecule has 0 heterocycles. The van der Waals surface area contributed by atoms with E-state index in [1.165, 1.54) is 0 Å². The molecule has 0 aromatic carbocycles. The average molecular weight is 567 g/mol. The first-order valence-corrected chi connectivity index (χ1v) is 15.0. The molecule has 0 aromatic heterocycles. The van der Waals surface area contributed by atoms with Gasteiger partial charge in [-0.1, -0.05) is 69.6 Å². The topological polar surface area (TPSA) is 99.1 Å². The Bertz CT molecular complexity index is 768. The zero-order valence-corrected chi connectivity index (χ0v) is 25.8. The lowest BCUT2D eigenvalue weighted by molar-refractivity contribution is -0.887. The van der Waals surface area contributed by atoms with Crippen LogP contribution in [0.25, 0.3) is 0 Å². The second-order valence-corrected chi connectivity index (χ2v) is 11.0. The van der Waals surface area contributed by atoms with E-state index in [-0.39, 0.29) is 36.2 Å². The minimum absolute atomic E-state index is 0.0472. The van der Waals surface area contributed by atoms with Crippen LogP contribution in [0.3, 0.4) is 0 Å². The van der Waals surface area contributed by atoms with Crippen LogP contribution in [-0.4, -0.2) is 80.6 Å². The number of allylic oxidation sites excluding steroid dienone is 6. The number of quaternary nitrogens is 1. The van der Waals surface area contributed by atoms with Crippen molar-refractivity contribution in [3.05, 3.63) is 36.5 Å². The number of unbranched alkanes of at least 4 members (excludes halogenated alkanes) is 5. The van der Waals surface area contributed by atoms with Crippen LogP contribution in [0.2, 0.25) is 0 Å². The normalized spacial score (nSPS) is 13.7. The molecule has 0 aliphatic carbocycles. The van der Waals surface area contributed by atoms with Gasteiger partial charge in [0.15, 0.2) is 12.1 Å². The Morgan fingerprint density at radius 3 is 2.02 bits per heavy atom. The van der Waals surface area contributed by atoms with E-state index in [2.05, 4.69) is 50.3 Å². The fraction of sp³-hybridized carbons (Fsp3) is 0.719. The van der Waals surface area contributed by atoms with E-state index in [0.29, 0.717) is 19.3 Å². The van der Waals surface area contributed by atoms with Crippen molar-refractivity contribution in [3.8, 4) is 0 Å². The van der Waals surface area contributed by atoms with E-state index < -0.39 is 18.1 Å². The van der Waals surface area contributed by atoms with Gasteiger partial charge in [0, 0.05) is 19.3 Å². The molecule has 230 valence electrons. The van der Waals surface area contributed by atoms with E-state index in [1.54, 1.807) is 0 Å². The number of carboxylic acids is 1. The van der Waals surface area contributed by atoms with E-state index in [1.807, 2.05) is 21.1 Å². The number of carboxylic acid groups (broad SMARTS) is 1. The Balaban J connectivity index is 4.46. The van der Waals surface area contributed by atoms with Gasteiger partial charge in [-0.05, 0) is 44.9 Å². The van der Waals surface area contributed by atoms with E-state index in [4.69, 9.17) is 14.2 Å². The minimum Gasteiger partial charge on any atom is -0.477 e. The summed E-state index contributed by atoms with van der Waals surface area (Å²) in [5.74, 6) is -1.55. The van der Waals surface area contributed by atoms with E-state index in [9.17, 15) is 19.5 Å². The molecular weight excluding hydrogens is 510 g/mol. The summed E-state index contributed by atoms with van der Waals surface area (Å²) in [6, 6.07) is -0.614. The summed E-state index contributed by atoms with van der Waals surface area (Å²) in [5, 5.41) is 9.48. The van der Waals surface area contributed by atoms with Gasteiger partial charge < -0.3 is 23.8 Å². The van der Waals surface area contributed by atoms with Gasteiger partial charge in [-0.2, -0.15) is 0 Å². The third kappa shape index (κ3) is 22.4. The Labute approximate surface area is 243 Å². The van der Waals surface area contributed by atoms with Gasteiger partial charge in [0.2, 0.25) is 0 Å². The number of aliphatic carboxylic acids is 1. The minimum atomic E-state index is -0.886. The molecule has 0 bridgehead atoms. The largest absolute Gasteiger partial charge is 0.477 e. The number of nitrogens with zero attached hydrogens (tertiary/aromatic N) is 1. The van der Waals surface area contributed by atoms with Crippen LogP contribution in [-0.2, 0) is 28.6 Å². The van der Waals surface area contributed by atoms with Gasteiger partial charge in [-0.3, -0.25) is 9.59 Å². The Morgan fingerprint density at radius 1 is 0.775 bits per heavy atom. The summed E-state index contributed by atoms with van der Waals surface area (Å²) in [7, 11) is 5.47. The molecule has 0 amide bonds. The highest BCUT2D eigenvalue weighted by Crippen LogP contribution is 2.11. The quantitative estimate of drug-likeness (QED) is 0.0591. The lowest BCUT2D eigenvalue weighted by Gasteiger charge is -2.31. The summed E-state index contributed by atoms with van der Waals surface area (Å²) in [5.41, 5.74) is 0. The number of carbonyl (C=O) groups is 3. The SMILES string of the molecule is CC/C=C\C/C=C\C/C=C\CCCCCC(=O)OC(COCCC(C(=O)O)[N+](C)(C)C)COC(=O)CCCCC. The number of likely N-dealkylation sites (N-methyl/N-ethyl adjacent to an activating group) is 1. The van der Waals surface area contributed by atoms with E-state index >= 15 is 0 Å². The van der Waals surface area contributed by atoms with Crippen LogP contribution in [0.5, 0.6) is 0 Å². The van der Waals surface area contributed by atoms with Gasteiger partial charge in [-0.25, -0.2) is 4.79 Å². The average Bonchev–Trinajstić information content (AvgIpc) is 2.88. The van der Waals surface area contributed by atoms with Crippen LogP contribution < -0.4 is 0 Å². The molecule has 0 radical (unpaired) electrons. The van der Waals surface area contributed by atoms with Crippen LogP contribution in [0.4, 0.5) is 0 Å². The molecule has 0 saturated carbocycles. The summed E-state index contributed by atoms with van der Waals surface area (Å²) in [6.07, 6.45) is 22.6. The first-order chi connectivity index (χ1) is 19.1. The van der Waals surface area contributed by atoms with Crippen molar-refractivity contribution < 1.29 is 38.2 Å². The Morgan fingerprint density at radius 2 is 1.40 bits per heavy atom. The highest BCUT2D eigenvalue weighted by Gasteiger charge is 2.31. The standard InChI is InChI=1S/C32H55NO7/c1-6-8-10-11-12-13-14-15-16-17-18-19-21-23-31(35)40-28(27-39-30(34)22-20-9-7-2)26-38-25-24-29(32(36)37)33(3,4)5/h8,10,12-13,15-16,28-29H,6-7,9,11,14,17-27H2,1-5H3/p+1/b10-8-,13-12-,16-15-. The molecule has 2 unspecified atom stereocenters. The van der Waals surface area contributed by atoms with Crippen molar-refractivity contribution in [1.82, 2.24) is 0 Å². The predicted molar refractivity (Wildman–Crippen MR) is 160 cm³/mol. The summed E-state index contributed by atoms with van der Waals surface area (Å²) < 4.78 is 16.8. The zero-order chi connectivity index (χ0) is 30.1. The number of rotatable bonds is 25. The van der Waals surface area contributed by atoms with E-state index in [0.717, 1.165) is 64.2 Å². The maximum Gasteiger partial charge on any atom is 0.362 e. The number of hydrogen-bond acceptors (Lipinski definition) is 6. The fourth-order valence-electron chi connectivity index (χ4n) is 3.93. The van der Waals surface area contributed by atoms with Crippen molar-refractivity contribution in [1.29, 1.82) is 0 Å². The number of carbonyl (C=O) groups excluding carboxylic acids is 2. The van der Waals surface area contributed by atoms with Crippen molar-refractivity contribution >= 4 is 17.9 Å². The van der Waals surface area contributed by atoms with Gasteiger partial charge in [-0.15, -0.1) is 0 Å². The van der Waals surface area contributed by atoms with Crippen molar-refractivity contribution in [2.24, 2.45) is 0 Å². The van der Waals surface area contributed by atoms with Crippen LogP contribution >= 0.6 is 0 Å². The van der Waals surface area contributed by atoms with Crippen LogP contribution in [0.15, 0.2) is 36.5 Å². The number of ether oxygens (including phenoxy) is 3. The highest BCUT2D eigenvalue weighted by molar-refractivity contribution is 5.72. The first kappa shape index (κ1) is 37.6.